The van der Waals surface area contributed by atoms with Gasteiger partial charge in [0.25, 0.3) is 0 Å². The van der Waals surface area contributed by atoms with Gasteiger partial charge in [-0.05, 0) is 43.3 Å². The summed E-state index contributed by atoms with van der Waals surface area (Å²) in [4.78, 5) is 0. The van der Waals surface area contributed by atoms with Crippen LogP contribution in [0.15, 0.2) is 22.6 Å². The lowest BCUT2D eigenvalue weighted by atomic mass is 10.1. The Labute approximate surface area is 114 Å². The molecule has 3 nitrogen and oxygen atoms in total. The van der Waals surface area contributed by atoms with E-state index in [-0.39, 0.29) is 0 Å². The fourth-order valence-corrected chi connectivity index (χ4v) is 2.25. The molecule has 0 spiro atoms. The van der Waals surface area contributed by atoms with E-state index in [1.54, 1.807) is 0 Å². The summed E-state index contributed by atoms with van der Waals surface area (Å²) in [5, 5.41) is 3.33. The molecule has 1 aromatic carbocycles. The van der Waals surface area contributed by atoms with Gasteiger partial charge in [-0.3, -0.25) is 0 Å². The van der Waals surface area contributed by atoms with Crippen molar-refractivity contribution in [1.82, 2.24) is 0 Å². The van der Waals surface area contributed by atoms with E-state index in [1.807, 2.05) is 12.1 Å². The minimum absolute atomic E-state index is 0.606. The standard InChI is InChI=1S/C14H23N3S/c1-5-16-12-8-6-7-11(4)13(12)14(15)17-18-9-10(2)3/h6-8,10,16H,5,9H2,1-4H3,(H2,15,17). The first-order chi connectivity index (χ1) is 8.56. The molecular formula is C14H23N3S. The fraction of sp³-hybridized carbons (Fsp3) is 0.500. The molecular weight excluding hydrogens is 242 g/mol. The number of benzene rings is 1. The molecule has 1 aromatic rings. The van der Waals surface area contributed by atoms with Crippen LogP contribution in [0.2, 0.25) is 0 Å². The van der Waals surface area contributed by atoms with Crippen LogP contribution in [0.5, 0.6) is 0 Å². The maximum absolute atomic E-state index is 6.10. The van der Waals surface area contributed by atoms with Crippen LogP contribution in [0.25, 0.3) is 0 Å². The first-order valence-electron chi connectivity index (χ1n) is 6.35. The highest BCUT2D eigenvalue weighted by atomic mass is 32.2. The van der Waals surface area contributed by atoms with Crippen molar-refractivity contribution in [2.75, 3.05) is 17.6 Å². The summed E-state index contributed by atoms with van der Waals surface area (Å²) < 4.78 is 4.41. The first-order valence-corrected chi connectivity index (χ1v) is 7.29. The Morgan fingerprint density at radius 3 is 2.78 bits per heavy atom. The molecule has 0 heterocycles. The van der Waals surface area contributed by atoms with Gasteiger partial charge >= 0.3 is 0 Å². The van der Waals surface area contributed by atoms with Crippen LogP contribution in [0.1, 0.15) is 31.9 Å². The van der Waals surface area contributed by atoms with Gasteiger partial charge < -0.3 is 11.1 Å². The summed E-state index contributed by atoms with van der Waals surface area (Å²) in [6, 6.07) is 6.14. The average Bonchev–Trinajstić information content (AvgIpc) is 2.28. The van der Waals surface area contributed by atoms with Gasteiger partial charge in [0, 0.05) is 23.5 Å². The van der Waals surface area contributed by atoms with Gasteiger partial charge in [0.1, 0.15) is 5.84 Å². The quantitative estimate of drug-likeness (QED) is 0.470. The van der Waals surface area contributed by atoms with Crippen molar-refractivity contribution < 1.29 is 0 Å². The number of amidine groups is 1. The van der Waals surface area contributed by atoms with E-state index < -0.39 is 0 Å². The highest BCUT2D eigenvalue weighted by molar-refractivity contribution is 7.98. The number of hydrogen-bond donors (Lipinski definition) is 2. The third-order valence-electron chi connectivity index (χ3n) is 2.47. The summed E-state index contributed by atoms with van der Waals surface area (Å²) in [6.45, 7) is 9.37. The number of aryl methyl sites for hydroxylation is 1. The lowest BCUT2D eigenvalue weighted by Crippen LogP contribution is -2.17. The Hall–Kier alpha value is -1.16. The molecule has 0 saturated heterocycles. The molecule has 0 aliphatic rings. The molecule has 18 heavy (non-hydrogen) atoms. The number of nitrogens with zero attached hydrogens (tertiary/aromatic N) is 1. The van der Waals surface area contributed by atoms with E-state index >= 15 is 0 Å². The molecule has 0 bridgehead atoms. The monoisotopic (exact) mass is 265 g/mol. The lowest BCUT2D eigenvalue weighted by Gasteiger charge is -2.13. The van der Waals surface area contributed by atoms with Crippen molar-refractivity contribution in [2.24, 2.45) is 16.0 Å². The van der Waals surface area contributed by atoms with Crippen LogP contribution < -0.4 is 11.1 Å². The van der Waals surface area contributed by atoms with Gasteiger partial charge in [0.2, 0.25) is 0 Å². The molecule has 0 fully saturated rings. The van der Waals surface area contributed by atoms with E-state index in [0.717, 1.165) is 29.1 Å². The highest BCUT2D eigenvalue weighted by Gasteiger charge is 2.09. The molecule has 0 amide bonds. The van der Waals surface area contributed by atoms with Crippen LogP contribution in [0.4, 0.5) is 5.69 Å². The molecule has 0 unspecified atom stereocenters. The van der Waals surface area contributed by atoms with Crippen molar-refractivity contribution in [3.05, 3.63) is 29.3 Å². The SMILES string of the molecule is CCNc1cccc(C)c1C(N)=NSCC(C)C. The second-order valence-electron chi connectivity index (χ2n) is 4.69. The molecule has 100 valence electrons. The number of anilines is 1. The summed E-state index contributed by atoms with van der Waals surface area (Å²) in [5.74, 6) is 2.22. The minimum atomic E-state index is 0.606. The van der Waals surface area contributed by atoms with Crippen molar-refractivity contribution in [1.29, 1.82) is 0 Å². The Morgan fingerprint density at radius 2 is 2.17 bits per heavy atom. The number of hydrogen-bond acceptors (Lipinski definition) is 3. The fourth-order valence-electron chi connectivity index (χ4n) is 1.65. The van der Waals surface area contributed by atoms with Crippen molar-refractivity contribution in [2.45, 2.75) is 27.7 Å². The smallest absolute Gasteiger partial charge is 0.141 e. The minimum Gasteiger partial charge on any atom is -0.385 e. The Kier molecular flexibility index (Phi) is 6.05. The zero-order chi connectivity index (χ0) is 13.5. The molecule has 0 saturated carbocycles. The van der Waals surface area contributed by atoms with Crippen LogP contribution >= 0.6 is 11.9 Å². The molecule has 3 N–H and O–H groups in total. The maximum Gasteiger partial charge on any atom is 0.141 e. The van der Waals surface area contributed by atoms with Gasteiger partial charge in [0.15, 0.2) is 0 Å². The molecule has 0 aliphatic heterocycles. The zero-order valence-corrected chi connectivity index (χ0v) is 12.5. The summed E-state index contributed by atoms with van der Waals surface area (Å²) in [7, 11) is 0. The Morgan fingerprint density at radius 1 is 1.44 bits per heavy atom. The normalized spacial score (nSPS) is 11.9. The molecule has 0 aliphatic carbocycles. The molecule has 0 radical (unpaired) electrons. The van der Waals surface area contributed by atoms with Crippen LogP contribution in [0.3, 0.4) is 0 Å². The molecule has 1 rings (SSSR count). The predicted molar refractivity (Wildman–Crippen MR) is 83.4 cm³/mol. The number of rotatable bonds is 6. The summed E-state index contributed by atoms with van der Waals surface area (Å²) >= 11 is 1.53. The first kappa shape index (κ1) is 14.9. The van der Waals surface area contributed by atoms with Crippen molar-refractivity contribution >= 4 is 23.5 Å². The largest absolute Gasteiger partial charge is 0.385 e. The van der Waals surface area contributed by atoms with Crippen LogP contribution in [0, 0.1) is 12.8 Å². The highest BCUT2D eigenvalue weighted by Crippen LogP contribution is 2.20. The van der Waals surface area contributed by atoms with E-state index in [0.29, 0.717) is 11.8 Å². The van der Waals surface area contributed by atoms with Gasteiger partial charge in [-0.2, -0.15) is 4.40 Å². The second-order valence-corrected chi connectivity index (χ2v) is 5.47. The molecule has 0 aromatic heterocycles. The van der Waals surface area contributed by atoms with Crippen LogP contribution in [-0.2, 0) is 0 Å². The zero-order valence-electron chi connectivity index (χ0n) is 11.7. The summed E-state index contributed by atoms with van der Waals surface area (Å²) in [6.07, 6.45) is 0. The lowest BCUT2D eigenvalue weighted by molar-refractivity contribution is 0.750. The third kappa shape index (κ3) is 4.26. The maximum atomic E-state index is 6.10. The number of nitrogens with one attached hydrogen (secondary N) is 1. The molecule has 0 atom stereocenters. The van der Waals surface area contributed by atoms with Crippen LogP contribution in [-0.4, -0.2) is 18.1 Å². The van der Waals surface area contributed by atoms with E-state index in [9.17, 15) is 0 Å². The van der Waals surface area contributed by atoms with E-state index in [2.05, 4.69) is 43.5 Å². The molecule has 4 heteroatoms. The topological polar surface area (TPSA) is 50.4 Å². The Balaban J connectivity index is 2.92. The van der Waals surface area contributed by atoms with E-state index in [1.165, 1.54) is 11.9 Å². The van der Waals surface area contributed by atoms with Gasteiger partial charge in [-0.1, -0.05) is 26.0 Å². The van der Waals surface area contributed by atoms with Crippen molar-refractivity contribution in [3.63, 3.8) is 0 Å². The van der Waals surface area contributed by atoms with Gasteiger partial charge in [-0.25, -0.2) is 0 Å². The Bertz CT molecular complexity index is 414. The van der Waals surface area contributed by atoms with Gasteiger partial charge in [0.05, 0.1) is 0 Å². The number of nitrogens with two attached hydrogens (primary N) is 1. The summed E-state index contributed by atoms with van der Waals surface area (Å²) in [5.41, 5.74) is 9.34. The second kappa shape index (κ2) is 7.31. The average molecular weight is 265 g/mol. The van der Waals surface area contributed by atoms with Crippen molar-refractivity contribution in [3.8, 4) is 0 Å². The van der Waals surface area contributed by atoms with Gasteiger partial charge in [-0.15, -0.1) is 0 Å². The third-order valence-corrected chi connectivity index (χ3v) is 3.61. The predicted octanol–water partition coefficient (Wildman–Crippen LogP) is 3.44. The van der Waals surface area contributed by atoms with E-state index in [4.69, 9.17) is 5.73 Å².